The summed E-state index contributed by atoms with van der Waals surface area (Å²) in [5.41, 5.74) is 2.89. The Kier molecular flexibility index (Phi) is 8.50. The monoisotopic (exact) mass is 626 g/mol. The summed E-state index contributed by atoms with van der Waals surface area (Å²) in [6.07, 6.45) is 3.01. The van der Waals surface area contributed by atoms with Crippen LogP contribution < -0.4 is 9.64 Å². The molecule has 0 saturated carbocycles. The number of aromatic nitrogens is 3. The number of amides is 1. The molecule has 1 fully saturated rings. The van der Waals surface area contributed by atoms with E-state index in [1.807, 2.05) is 54.6 Å². The number of halogens is 1. The number of anilines is 1. The van der Waals surface area contributed by atoms with Crippen LogP contribution in [0.2, 0.25) is 5.02 Å². The van der Waals surface area contributed by atoms with E-state index in [9.17, 15) is 14.7 Å². The van der Waals surface area contributed by atoms with E-state index < -0.39 is 17.7 Å². The highest BCUT2D eigenvalue weighted by Gasteiger charge is 2.48. The Bertz CT molecular complexity index is 1800. The summed E-state index contributed by atoms with van der Waals surface area (Å²) in [5, 5.41) is 20.7. The summed E-state index contributed by atoms with van der Waals surface area (Å²) >= 11 is 8.92. The molecule has 1 aliphatic heterocycles. The van der Waals surface area contributed by atoms with Gasteiger partial charge in [0, 0.05) is 28.7 Å². The Labute approximate surface area is 260 Å². The largest absolute Gasteiger partial charge is 0.507 e. The van der Waals surface area contributed by atoms with E-state index in [2.05, 4.69) is 15.2 Å². The summed E-state index contributed by atoms with van der Waals surface area (Å²) in [6, 6.07) is 26.6. The van der Waals surface area contributed by atoms with E-state index in [-0.39, 0.29) is 16.5 Å². The normalized spacial score (nSPS) is 16.0. The maximum Gasteiger partial charge on any atom is 0.301 e. The molecule has 1 atom stereocenters. The van der Waals surface area contributed by atoms with Crippen LogP contribution in [0.4, 0.5) is 5.13 Å². The lowest BCUT2D eigenvalue weighted by molar-refractivity contribution is -0.132. The predicted molar refractivity (Wildman–Crippen MR) is 167 cm³/mol. The lowest BCUT2D eigenvalue weighted by Gasteiger charge is -2.22. The van der Waals surface area contributed by atoms with Crippen LogP contribution in [0, 0.1) is 0 Å². The van der Waals surface area contributed by atoms with Crippen molar-refractivity contribution in [3.63, 3.8) is 0 Å². The van der Waals surface area contributed by atoms with E-state index >= 15 is 0 Å². The number of ether oxygens (including phenoxy) is 1. The standard InChI is InChI=1S/C32H23ClN4O4S2/c33-25-9-5-4-8-23(25)19-42-32-36-35-31(43-32)37-27(26(29(39)30(37)40)28(38)22-14-16-34-17-15-22)21-10-12-24(13-11-21)41-18-20-6-2-1-3-7-20/h1-17,27,38H,18-19H2. The molecule has 3 aromatic carbocycles. The molecule has 5 aromatic rings. The zero-order chi connectivity index (χ0) is 29.8. The molecule has 3 heterocycles. The number of aliphatic hydroxyl groups is 1. The lowest BCUT2D eigenvalue weighted by atomic mass is 9.95. The van der Waals surface area contributed by atoms with E-state index in [4.69, 9.17) is 16.3 Å². The number of ketones is 1. The minimum absolute atomic E-state index is 0.0466. The zero-order valence-electron chi connectivity index (χ0n) is 22.5. The zero-order valence-corrected chi connectivity index (χ0v) is 24.9. The summed E-state index contributed by atoms with van der Waals surface area (Å²) in [4.78, 5) is 32.2. The molecule has 6 rings (SSSR count). The average Bonchev–Trinajstić information content (AvgIpc) is 3.62. The van der Waals surface area contributed by atoms with Crippen LogP contribution in [0.1, 0.15) is 28.3 Å². The first-order chi connectivity index (χ1) is 21.0. The number of hydrogen-bond donors (Lipinski definition) is 1. The first-order valence-electron chi connectivity index (χ1n) is 13.2. The number of benzene rings is 3. The number of hydrogen-bond acceptors (Lipinski definition) is 9. The van der Waals surface area contributed by atoms with Gasteiger partial charge in [-0.3, -0.25) is 19.5 Å². The number of aliphatic hydroxyl groups excluding tert-OH is 1. The Morgan fingerprint density at radius 1 is 0.930 bits per heavy atom. The van der Waals surface area contributed by atoms with Gasteiger partial charge in [0.2, 0.25) is 5.13 Å². The maximum atomic E-state index is 13.5. The van der Waals surface area contributed by atoms with Crippen LogP contribution in [0.15, 0.2) is 113 Å². The lowest BCUT2D eigenvalue weighted by Crippen LogP contribution is -2.29. The van der Waals surface area contributed by atoms with Gasteiger partial charge in [0.1, 0.15) is 18.1 Å². The molecule has 11 heteroatoms. The molecule has 8 nitrogen and oxygen atoms in total. The van der Waals surface area contributed by atoms with E-state index in [0.717, 1.165) is 11.1 Å². The minimum Gasteiger partial charge on any atom is -0.507 e. The fourth-order valence-electron chi connectivity index (χ4n) is 4.61. The summed E-state index contributed by atoms with van der Waals surface area (Å²) in [6.45, 7) is 0.389. The van der Waals surface area contributed by atoms with Crippen LogP contribution >= 0.6 is 34.7 Å². The van der Waals surface area contributed by atoms with E-state index in [0.29, 0.717) is 38.6 Å². The summed E-state index contributed by atoms with van der Waals surface area (Å²) in [5.74, 6) is -0.736. The van der Waals surface area contributed by atoms with Crippen LogP contribution in [-0.2, 0) is 21.9 Å². The van der Waals surface area contributed by atoms with Crippen molar-refractivity contribution in [2.24, 2.45) is 0 Å². The number of carbonyl (C=O) groups is 2. The molecule has 1 amide bonds. The second-order valence-electron chi connectivity index (χ2n) is 9.48. The van der Waals surface area contributed by atoms with E-state index in [1.165, 1.54) is 40.4 Å². The highest BCUT2D eigenvalue weighted by Crippen LogP contribution is 2.44. The van der Waals surface area contributed by atoms with Gasteiger partial charge < -0.3 is 9.84 Å². The molecule has 1 N–H and O–H groups in total. The SMILES string of the molecule is O=C1C(=O)N(c2nnc(SCc3ccccc3Cl)s2)C(c2ccc(OCc3ccccc3)cc2)C1=C(O)c1ccncc1. The van der Waals surface area contributed by atoms with Gasteiger partial charge in [-0.15, -0.1) is 10.2 Å². The molecule has 1 saturated heterocycles. The van der Waals surface area contributed by atoms with Crippen molar-refractivity contribution in [3.8, 4) is 5.75 Å². The van der Waals surface area contributed by atoms with Crippen molar-refractivity contribution < 1.29 is 19.4 Å². The van der Waals surface area contributed by atoms with Crippen molar-refractivity contribution in [1.29, 1.82) is 0 Å². The Morgan fingerprint density at radius 3 is 2.40 bits per heavy atom. The fourth-order valence-corrected chi connectivity index (χ4v) is 6.76. The average molecular weight is 627 g/mol. The van der Waals surface area contributed by atoms with Gasteiger partial charge in [0.15, 0.2) is 4.34 Å². The van der Waals surface area contributed by atoms with Crippen LogP contribution in [0.3, 0.4) is 0 Å². The minimum atomic E-state index is -0.939. The Balaban J connectivity index is 1.33. The number of rotatable bonds is 9. The van der Waals surface area contributed by atoms with Gasteiger partial charge in [0.05, 0.1) is 11.6 Å². The fraction of sp³-hybridized carbons (Fsp3) is 0.0938. The predicted octanol–water partition coefficient (Wildman–Crippen LogP) is 7.08. The van der Waals surface area contributed by atoms with Gasteiger partial charge >= 0.3 is 5.91 Å². The number of nitrogens with zero attached hydrogens (tertiary/aromatic N) is 4. The molecule has 1 aliphatic rings. The van der Waals surface area contributed by atoms with Crippen LogP contribution in [-0.4, -0.2) is 32.0 Å². The molecule has 214 valence electrons. The molecule has 0 bridgehead atoms. The molecular weight excluding hydrogens is 604 g/mol. The van der Waals surface area contributed by atoms with Gasteiger partial charge in [-0.25, -0.2) is 0 Å². The number of Topliss-reactive ketones (excluding diaryl/α,β-unsaturated/α-hetero) is 1. The van der Waals surface area contributed by atoms with Crippen molar-refractivity contribution >= 4 is 57.3 Å². The van der Waals surface area contributed by atoms with Gasteiger partial charge in [-0.05, 0) is 47.0 Å². The summed E-state index contributed by atoms with van der Waals surface area (Å²) in [7, 11) is 0. The van der Waals surface area contributed by atoms with Crippen molar-refractivity contribution in [2.75, 3.05) is 4.90 Å². The highest BCUT2D eigenvalue weighted by atomic mass is 35.5. The van der Waals surface area contributed by atoms with Crippen LogP contribution in [0.25, 0.3) is 5.76 Å². The molecular formula is C32H23ClN4O4S2. The molecule has 0 spiro atoms. The van der Waals surface area contributed by atoms with Crippen LogP contribution in [0.5, 0.6) is 5.75 Å². The third-order valence-electron chi connectivity index (χ3n) is 6.75. The van der Waals surface area contributed by atoms with E-state index in [1.54, 1.807) is 36.4 Å². The highest BCUT2D eigenvalue weighted by molar-refractivity contribution is 8.00. The quantitative estimate of drug-likeness (QED) is 0.0608. The number of pyridine rings is 1. The first kappa shape index (κ1) is 28.6. The van der Waals surface area contributed by atoms with Gasteiger partial charge in [-0.2, -0.15) is 0 Å². The van der Waals surface area contributed by atoms with Gasteiger partial charge in [0.25, 0.3) is 5.78 Å². The van der Waals surface area contributed by atoms with Crippen molar-refractivity contribution in [3.05, 3.63) is 136 Å². The first-order valence-corrected chi connectivity index (χ1v) is 15.4. The molecule has 43 heavy (non-hydrogen) atoms. The molecule has 0 radical (unpaired) electrons. The Morgan fingerprint density at radius 2 is 1.65 bits per heavy atom. The molecule has 0 aliphatic carbocycles. The van der Waals surface area contributed by atoms with Crippen molar-refractivity contribution in [2.45, 2.75) is 22.7 Å². The maximum absolute atomic E-state index is 13.5. The third-order valence-corrected chi connectivity index (χ3v) is 9.23. The smallest absolute Gasteiger partial charge is 0.301 e. The molecule has 1 unspecified atom stereocenters. The Hall–Kier alpha value is -4.51. The second-order valence-corrected chi connectivity index (χ2v) is 12.1. The number of carbonyl (C=O) groups excluding carboxylic acids is 2. The third kappa shape index (κ3) is 6.17. The number of thioether (sulfide) groups is 1. The summed E-state index contributed by atoms with van der Waals surface area (Å²) < 4.78 is 6.54. The second kappa shape index (κ2) is 12.8. The topological polar surface area (TPSA) is 106 Å². The van der Waals surface area contributed by atoms with Gasteiger partial charge in [-0.1, -0.05) is 95.4 Å². The molecule has 2 aromatic heterocycles. The van der Waals surface area contributed by atoms with Crippen molar-refractivity contribution in [1.82, 2.24) is 15.2 Å².